The van der Waals surface area contributed by atoms with Crippen LogP contribution < -0.4 is 0 Å². The maximum Gasteiger partial charge on any atom is 0.325 e. The highest BCUT2D eigenvalue weighted by molar-refractivity contribution is 5.96. The highest BCUT2D eigenvalue weighted by Crippen LogP contribution is 2.19. The Bertz CT molecular complexity index is 556. The van der Waals surface area contributed by atoms with Gasteiger partial charge < -0.3 is 9.64 Å². The van der Waals surface area contributed by atoms with Crippen molar-refractivity contribution in [1.82, 2.24) is 4.90 Å². The summed E-state index contributed by atoms with van der Waals surface area (Å²) < 4.78 is 4.57. The molecule has 0 radical (unpaired) electrons. The first-order valence-electron chi connectivity index (χ1n) is 6.51. The Morgan fingerprint density at radius 1 is 1.38 bits per heavy atom. The average molecular weight is 294 g/mol. The zero-order chi connectivity index (χ0) is 16.0. The molecule has 7 nitrogen and oxygen atoms in total. The first kappa shape index (κ1) is 16.6. The minimum Gasteiger partial charge on any atom is -0.468 e. The van der Waals surface area contributed by atoms with Crippen molar-refractivity contribution in [2.75, 3.05) is 20.2 Å². The van der Waals surface area contributed by atoms with E-state index < -0.39 is 10.9 Å². The SMILES string of the molecule is CCCN(CC(=O)OC)C(=O)c1ccc([N+](=O)[O-])c(C)c1. The number of nitrogens with zero attached hydrogens (tertiary/aromatic N) is 2. The van der Waals surface area contributed by atoms with Gasteiger partial charge in [0.15, 0.2) is 0 Å². The van der Waals surface area contributed by atoms with Gasteiger partial charge in [0.25, 0.3) is 11.6 Å². The number of methoxy groups -OCH3 is 1. The lowest BCUT2D eigenvalue weighted by molar-refractivity contribution is -0.385. The van der Waals surface area contributed by atoms with Crippen LogP contribution in [0.5, 0.6) is 0 Å². The van der Waals surface area contributed by atoms with Gasteiger partial charge in [-0.25, -0.2) is 0 Å². The van der Waals surface area contributed by atoms with E-state index in [1.54, 1.807) is 6.92 Å². The molecule has 0 bridgehead atoms. The van der Waals surface area contributed by atoms with E-state index in [4.69, 9.17) is 0 Å². The molecule has 0 saturated carbocycles. The van der Waals surface area contributed by atoms with Crippen LogP contribution in [-0.2, 0) is 9.53 Å². The molecule has 0 fully saturated rings. The zero-order valence-corrected chi connectivity index (χ0v) is 12.3. The fourth-order valence-corrected chi connectivity index (χ4v) is 1.92. The number of ether oxygens (including phenoxy) is 1. The van der Waals surface area contributed by atoms with Crippen LogP contribution in [0.25, 0.3) is 0 Å². The van der Waals surface area contributed by atoms with Crippen LogP contribution in [-0.4, -0.2) is 41.9 Å². The van der Waals surface area contributed by atoms with Crippen molar-refractivity contribution in [2.45, 2.75) is 20.3 Å². The molecule has 114 valence electrons. The molecular formula is C14H18N2O5. The summed E-state index contributed by atoms with van der Waals surface area (Å²) in [5.74, 6) is -0.851. The number of hydrogen-bond donors (Lipinski definition) is 0. The predicted molar refractivity (Wildman–Crippen MR) is 76.0 cm³/mol. The lowest BCUT2D eigenvalue weighted by Crippen LogP contribution is -2.36. The molecule has 0 aliphatic carbocycles. The van der Waals surface area contributed by atoms with Gasteiger partial charge in [-0.3, -0.25) is 19.7 Å². The number of amides is 1. The number of nitro benzene ring substituents is 1. The maximum atomic E-state index is 12.4. The van der Waals surface area contributed by atoms with Gasteiger partial charge in [-0.15, -0.1) is 0 Å². The lowest BCUT2D eigenvalue weighted by atomic mass is 10.1. The third kappa shape index (κ3) is 4.27. The Morgan fingerprint density at radius 2 is 2.05 bits per heavy atom. The Morgan fingerprint density at radius 3 is 2.52 bits per heavy atom. The standard InChI is InChI=1S/C14H18N2O5/c1-4-7-15(9-13(17)21-3)14(18)11-5-6-12(16(19)20)10(2)8-11/h5-6,8H,4,7,9H2,1-3H3. The van der Waals surface area contributed by atoms with Gasteiger partial charge in [0, 0.05) is 23.7 Å². The summed E-state index contributed by atoms with van der Waals surface area (Å²) in [6.07, 6.45) is 0.689. The van der Waals surface area contributed by atoms with Gasteiger partial charge in [0.05, 0.1) is 12.0 Å². The molecule has 0 unspecified atom stereocenters. The molecule has 0 atom stereocenters. The van der Waals surface area contributed by atoms with Crippen molar-refractivity contribution in [1.29, 1.82) is 0 Å². The van der Waals surface area contributed by atoms with Crippen LogP contribution in [0, 0.1) is 17.0 Å². The lowest BCUT2D eigenvalue weighted by Gasteiger charge is -2.20. The maximum absolute atomic E-state index is 12.4. The molecular weight excluding hydrogens is 276 g/mol. The van der Waals surface area contributed by atoms with Crippen molar-refractivity contribution in [3.05, 3.63) is 39.4 Å². The fourth-order valence-electron chi connectivity index (χ4n) is 1.92. The number of rotatable bonds is 6. The molecule has 0 saturated heterocycles. The third-order valence-corrected chi connectivity index (χ3v) is 2.97. The smallest absolute Gasteiger partial charge is 0.325 e. The summed E-state index contributed by atoms with van der Waals surface area (Å²) in [6.45, 7) is 3.72. The number of esters is 1. The van der Waals surface area contributed by atoms with E-state index in [2.05, 4.69) is 4.74 Å². The van der Waals surface area contributed by atoms with Crippen LogP contribution in [0.15, 0.2) is 18.2 Å². The normalized spacial score (nSPS) is 10.0. The molecule has 1 aromatic rings. The molecule has 0 N–H and O–H groups in total. The zero-order valence-electron chi connectivity index (χ0n) is 12.3. The van der Waals surface area contributed by atoms with Crippen LogP contribution in [0.4, 0.5) is 5.69 Å². The van der Waals surface area contributed by atoms with Gasteiger partial charge in [-0.1, -0.05) is 6.92 Å². The van der Waals surface area contributed by atoms with E-state index in [0.29, 0.717) is 24.1 Å². The molecule has 0 spiro atoms. The number of carbonyl (C=O) groups is 2. The largest absolute Gasteiger partial charge is 0.468 e. The molecule has 0 aromatic heterocycles. The van der Waals surface area contributed by atoms with Gasteiger partial charge in [-0.2, -0.15) is 0 Å². The van der Waals surface area contributed by atoms with Crippen molar-refractivity contribution in [3.63, 3.8) is 0 Å². The quantitative estimate of drug-likeness (QED) is 0.454. The summed E-state index contributed by atoms with van der Waals surface area (Å²) in [5.41, 5.74) is 0.678. The Labute approximate surface area is 122 Å². The molecule has 1 aromatic carbocycles. The second-order valence-corrected chi connectivity index (χ2v) is 4.56. The minimum absolute atomic E-state index is 0.0402. The summed E-state index contributed by atoms with van der Waals surface area (Å²) in [5, 5.41) is 10.8. The van der Waals surface area contributed by atoms with E-state index >= 15 is 0 Å². The number of aryl methyl sites for hydroxylation is 1. The monoisotopic (exact) mass is 294 g/mol. The molecule has 0 heterocycles. The van der Waals surface area contributed by atoms with Gasteiger partial charge in [0.2, 0.25) is 0 Å². The molecule has 0 aliphatic heterocycles. The van der Waals surface area contributed by atoms with Crippen molar-refractivity contribution >= 4 is 17.6 Å². The summed E-state index contributed by atoms with van der Waals surface area (Å²) in [6, 6.07) is 4.15. The van der Waals surface area contributed by atoms with Crippen LogP contribution in [0.1, 0.15) is 29.3 Å². The molecule has 0 aliphatic rings. The van der Waals surface area contributed by atoms with Crippen LogP contribution in [0.3, 0.4) is 0 Å². The summed E-state index contributed by atoms with van der Waals surface area (Å²) in [7, 11) is 1.26. The Kier molecular flexibility index (Phi) is 5.83. The number of benzene rings is 1. The molecule has 1 rings (SSSR count). The van der Waals surface area contributed by atoms with E-state index in [1.807, 2.05) is 6.92 Å². The highest BCUT2D eigenvalue weighted by Gasteiger charge is 2.20. The first-order valence-corrected chi connectivity index (χ1v) is 6.51. The van der Waals surface area contributed by atoms with Crippen molar-refractivity contribution in [2.24, 2.45) is 0 Å². The molecule has 1 amide bonds. The topological polar surface area (TPSA) is 89.8 Å². The predicted octanol–water partition coefficient (Wildman–Crippen LogP) is 1.93. The van der Waals surface area contributed by atoms with Gasteiger partial charge >= 0.3 is 5.97 Å². The molecule has 21 heavy (non-hydrogen) atoms. The Hall–Kier alpha value is -2.44. The van der Waals surface area contributed by atoms with E-state index in [1.165, 1.54) is 30.2 Å². The van der Waals surface area contributed by atoms with E-state index in [-0.39, 0.29) is 18.1 Å². The minimum atomic E-state index is -0.504. The van der Waals surface area contributed by atoms with Crippen molar-refractivity contribution in [3.8, 4) is 0 Å². The average Bonchev–Trinajstić information content (AvgIpc) is 2.45. The second-order valence-electron chi connectivity index (χ2n) is 4.56. The summed E-state index contributed by atoms with van der Waals surface area (Å²) in [4.78, 5) is 35.3. The van der Waals surface area contributed by atoms with Crippen molar-refractivity contribution < 1.29 is 19.2 Å². The van der Waals surface area contributed by atoms with Crippen LogP contribution >= 0.6 is 0 Å². The van der Waals surface area contributed by atoms with E-state index in [0.717, 1.165) is 0 Å². The number of hydrogen-bond acceptors (Lipinski definition) is 5. The van der Waals surface area contributed by atoms with Crippen LogP contribution in [0.2, 0.25) is 0 Å². The highest BCUT2D eigenvalue weighted by atomic mass is 16.6. The fraction of sp³-hybridized carbons (Fsp3) is 0.429. The Balaban J connectivity index is 3.00. The third-order valence-electron chi connectivity index (χ3n) is 2.97. The number of carbonyl (C=O) groups excluding carboxylic acids is 2. The first-order chi connectivity index (χ1) is 9.90. The molecule has 7 heteroatoms. The van der Waals surface area contributed by atoms with E-state index in [9.17, 15) is 19.7 Å². The summed E-state index contributed by atoms with van der Waals surface area (Å²) >= 11 is 0. The van der Waals surface area contributed by atoms with Gasteiger partial charge in [-0.05, 0) is 25.5 Å². The second kappa shape index (κ2) is 7.37. The van der Waals surface area contributed by atoms with Gasteiger partial charge in [0.1, 0.15) is 6.54 Å². The number of nitro groups is 1.